The van der Waals surface area contributed by atoms with Crippen molar-refractivity contribution in [3.63, 3.8) is 0 Å². The summed E-state index contributed by atoms with van der Waals surface area (Å²) < 4.78 is 5.80. The minimum absolute atomic E-state index is 0.156. The molecule has 1 aromatic carbocycles. The summed E-state index contributed by atoms with van der Waals surface area (Å²) in [5.74, 6) is 5.66. The van der Waals surface area contributed by atoms with Gasteiger partial charge in [-0.05, 0) is 31.4 Å². The van der Waals surface area contributed by atoms with E-state index in [4.69, 9.17) is 33.8 Å². The van der Waals surface area contributed by atoms with Crippen molar-refractivity contribution in [2.45, 2.75) is 31.4 Å². The third-order valence-electron chi connectivity index (χ3n) is 3.32. The van der Waals surface area contributed by atoms with Crippen LogP contribution in [0.4, 0.5) is 0 Å². The second-order valence-electron chi connectivity index (χ2n) is 4.51. The van der Waals surface area contributed by atoms with Gasteiger partial charge in [-0.2, -0.15) is 0 Å². The first kappa shape index (κ1) is 13.1. The van der Waals surface area contributed by atoms with Gasteiger partial charge in [-0.15, -0.1) is 0 Å². The van der Waals surface area contributed by atoms with E-state index in [1.54, 1.807) is 6.07 Å². The van der Waals surface area contributed by atoms with Gasteiger partial charge >= 0.3 is 0 Å². The van der Waals surface area contributed by atoms with Gasteiger partial charge in [0.2, 0.25) is 0 Å². The van der Waals surface area contributed by atoms with Gasteiger partial charge in [0.15, 0.2) is 0 Å². The fourth-order valence-corrected chi connectivity index (χ4v) is 2.78. The average molecular weight is 275 g/mol. The molecular weight excluding hydrogens is 259 g/mol. The Morgan fingerprint density at radius 2 is 2.24 bits per heavy atom. The largest absolute Gasteiger partial charge is 0.373 e. The van der Waals surface area contributed by atoms with E-state index in [0.29, 0.717) is 10.0 Å². The molecule has 1 aliphatic heterocycles. The highest BCUT2D eigenvalue weighted by molar-refractivity contribution is 6.42. The summed E-state index contributed by atoms with van der Waals surface area (Å²) in [6, 6.07) is 5.40. The molecule has 0 amide bonds. The summed E-state index contributed by atoms with van der Waals surface area (Å²) in [5, 5.41) is 1.07. The Kier molecular flexibility index (Phi) is 3.95. The third-order valence-corrected chi connectivity index (χ3v) is 4.15. The van der Waals surface area contributed by atoms with Gasteiger partial charge in [0, 0.05) is 6.61 Å². The summed E-state index contributed by atoms with van der Waals surface area (Å²) in [6.07, 6.45) is 1.98. The molecule has 2 unspecified atom stereocenters. The topological polar surface area (TPSA) is 47.3 Å². The Hall–Kier alpha value is -0.320. The summed E-state index contributed by atoms with van der Waals surface area (Å²) >= 11 is 12.2. The lowest BCUT2D eigenvalue weighted by molar-refractivity contribution is -0.0125. The molecule has 17 heavy (non-hydrogen) atoms. The van der Waals surface area contributed by atoms with Crippen molar-refractivity contribution in [1.82, 2.24) is 5.43 Å². The van der Waals surface area contributed by atoms with E-state index in [1.165, 1.54) is 0 Å². The molecule has 2 rings (SSSR count). The standard InChI is InChI=1S/C12H16Cl2N2O/c1-12(6-3-7-17-12)11(16-15)8-4-2-5-9(13)10(8)14/h2,4-5,11,16H,3,6-7,15H2,1H3. The van der Waals surface area contributed by atoms with Crippen LogP contribution in [0.15, 0.2) is 18.2 Å². The molecule has 0 aliphatic carbocycles. The summed E-state index contributed by atoms with van der Waals surface area (Å²) in [6.45, 7) is 2.80. The van der Waals surface area contributed by atoms with Crippen LogP contribution < -0.4 is 11.3 Å². The van der Waals surface area contributed by atoms with Crippen LogP contribution in [0.2, 0.25) is 10.0 Å². The van der Waals surface area contributed by atoms with E-state index in [9.17, 15) is 0 Å². The highest BCUT2D eigenvalue weighted by atomic mass is 35.5. The molecule has 5 heteroatoms. The van der Waals surface area contributed by atoms with Crippen molar-refractivity contribution in [2.75, 3.05) is 6.61 Å². The number of benzene rings is 1. The molecular formula is C12H16Cl2N2O. The maximum absolute atomic E-state index is 6.22. The fourth-order valence-electron chi connectivity index (χ4n) is 2.37. The highest BCUT2D eigenvalue weighted by Crippen LogP contribution is 2.40. The normalized spacial score (nSPS) is 26.1. The first-order valence-corrected chi connectivity index (χ1v) is 6.38. The molecule has 0 saturated carbocycles. The van der Waals surface area contributed by atoms with Crippen LogP contribution in [-0.2, 0) is 4.74 Å². The molecule has 3 nitrogen and oxygen atoms in total. The van der Waals surface area contributed by atoms with Crippen LogP contribution >= 0.6 is 23.2 Å². The molecule has 1 aromatic rings. The lowest BCUT2D eigenvalue weighted by Crippen LogP contribution is -2.44. The molecule has 3 N–H and O–H groups in total. The Bertz CT molecular complexity index is 405. The molecule has 0 radical (unpaired) electrons. The Morgan fingerprint density at radius 1 is 1.47 bits per heavy atom. The van der Waals surface area contributed by atoms with Crippen molar-refractivity contribution >= 4 is 23.2 Å². The first-order valence-electron chi connectivity index (χ1n) is 5.62. The molecule has 1 heterocycles. The molecule has 94 valence electrons. The van der Waals surface area contributed by atoms with Gasteiger partial charge in [-0.1, -0.05) is 35.3 Å². The molecule has 0 spiro atoms. The number of hydrogen-bond donors (Lipinski definition) is 2. The van der Waals surface area contributed by atoms with Gasteiger partial charge < -0.3 is 4.74 Å². The SMILES string of the molecule is CC1(C(NN)c2cccc(Cl)c2Cl)CCCO1. The van der Waals surface area contributed by atoms with Crippen LogP contribution in [-0.4, -0.2) is 12.2 Å². The Morgan fingerprint density at radius 3 is 2.82 bits per heavy atom. The van der Waals surface area contributed by atoms with E-state index in [0.717, 1.165) is 25.0 Å². The highest BCUT2D eigenvalue weighted by Gasteiger charge is 2.39. The Labute approximate surface area is 111 Å². The second-order valence-corrected chi connectivity index (χ2v) is 5.29. The summed E-state index contributed by atoms with van der Waals surface area (Å²) in [5.41, 5.74) is 3.35. The predicted molar refractivity (Wildman–Crippen MR) is 70.1 cm³/mol. The quantitative estimate of drug-likeness (QED) is 0.658. The minimum Gasteiger partial charge on any atom is -0.373 e. The van der Waals surface area contributed by atoms with E-state index < -0.39 is 0 Å². The van der Waals surface area contributed by atoms with E-state index in [2.05, 4.69) is 5.43 Å². The predicted octanol–water partition coefficient (Wildman–Crippen LogP) is 3.07. The zero-order valence-electron chi connectivity index (χ0n) is 9.67. The van der Waals surface area contributed by atoms with E-state index in [1.807, 2.05) is 19.1 Å². The van der Waals surface area contributed by atoms with Crippen LogP contribution in [0.25, 0.3) is 0 Å². The minimum atomic E-state index is -0.330. The van der Waals surface area contributed by atoms with Crippen LogP contribution in [0.1, 0.15) is 31.4 Å². The van der Waals surface area contributed by atoms with Crippen LogP contribution in [0.3, 0.4) is 0 Å². The average Bonchev–Trinajstić information content (AvgIpc) is 2.73. The van der Waals surface area contributed by atoms with Crippen LogP contribution in [0, 0.1) is 0 Å². The lowest BCUT2D eigenvalue weighted by Gasteiger charge is -2.33. The number of ether oxygens (including phenoxy) is 1. The fraction of sp³-hybridized carbons (Fsp3) is 0.500. The maximum atomic E-state index is 6.22. The van der Waals surface area contributed by atoms with Crippen molar-refractivity contribution in [1.29, 1.82) is 0 Å². The van der Waals surface area contributed by atoms with E-state index in [-0.39, 0.29) is 11.6 Å². The van der Waals surface area contributed by atoms with Crippen LogP contribution in [0.5, 0.6) is 0 Å². The zero-order chi connectivity index (χ0) is 12.5. The number of nitrogens with one attached hydrogen (secondary N) is 1. The number of rotatable bonds is 3. The van der Waals surface area contributed by atoms with Crippen molar-refractivity contribution in [3.8, 4) is 0 Å². The second kappa shape index (κ2) is 5.12. The maximum Gasteiger partial charge on any atom is 0.0862 e. The number of hydrazine groups is 1. The van der Waals surface area contributed by atoms with Gasteiger partial charge in [-0.3, -0.25) is 11.3 Å². The third kappa shape index (κ3) is 2.44. The van der Waals surface area contributed by atoms with Gasteiger partial charge in [0.25, 0.3) is 0 Å². The smallest absolute Gasteiger partial charge is 0.0862 e. The first-order chi connectivity index (χ1) is 8.08. The van der Waals surface area contributed by atoms with Gasteiger partial charge in [-0.25, -0.2) is 0 Å². The Balaban J connectivity index is 2.38. The van der Waals surface area contributed by atoms with Gasteiger partial charge in [0.1, 0.15) is 0 Å². The van der Waals surface area contributed by atoms with Gasteiger partial charge in [0.05, 0.1) is 21.7 Å². The molecule has 1 aliphatic rings. The summed E-state index contributed by atoms with van der Waals surface area (Å²) in [4.78, 5) is 0. The van der Waals surface area contributed by atoms with E-state index >= 15 is 0 Å². The molecule has 1 saturated heterocycles. The summed E-state index contributed by atoms with van der Waals surface area (Å²) in [7, 11) is 0. The number of nitrogens with two attached hydrogens (primary N) is 1. The molecule has 0 aromatic heterocycles. The monoisotopic (exact) mass is 274 g/mol. The molecule has 2 atom stereocenters. The van der Waals surface area contributed by atoms with Crippen molar-refractivity contribution in [3.05, 3.63) is 33.8 Å². The number of hydrogen-bond acceptors (Lipinski definition) is 3. The molecule has 0 bridgehead atoms. The van der Waals surface area contributed by atoms with Crippen molar-refractivity contribution in [2.24, 2.45) is 5.84 Å². The number of halogens is 2. The van der Waals surface area contributed by atoms with Crippen molar-refractivity contribution < 1.29 is 4.74 Å². The molecule has 1 fully saturated rings. The zero-order valence-corrected chi connectivity index (χ0v) is 11.2. The lowest BCUT2D eigenvalue weighted by atomic mass is 9.88.